The van der Waals surface area contributed by atoms with Gasteiger partial charge in [-0.2, -0.15) is 0 Å². The molecule has 5 rings (SSSR count). The highest BCUT2D eigenvalue weighted by molar-refractivity contribution is 5.98. The fourth-order valence-electron chi connectivity index (χ4n) is 3.50. The molecule has 10 heteroatoms. The minimum absolute atomic E-state index is 0.228. The van der Waals surface area contributed by atoms with Gasteiger partial charge in [0.15, 0.2) is 23.4 Å². The van der Waals surface area contributed by atoms with Crippen molar-refractivity contribution < 1.29 is 27.7 Å². The number of rotatable bonds is 7. The Kier molecular flexibility index (Phi) is 5.84. The summed E-state index contributed by atoms with van der Waals surface area (Å²) in [5, 5.41) is 6.30. The largest absolute Gasteiger partial charge is 0.463 e. The van der Waals surface area contributed by atoms with Crippen LogP contribution in [0, 0.1) is 6.92 Å². The first-order valence-electron chi connectivity index (χ1n) is 10.9. The molecule has 5 aromatic rings. The van der Waals surface area contributed by atoms with Crippen LogP contribution in [0.1, 0.15) is 29.5 Å². The number of hydrogen-bond acceptors (Lipinski definition) is 9. The maximum absolute atomic E-state index is 12.9. The topological polar surface area (TPSA) is 133 Å². The van der Waals surface area contributed by atoms with Gasteiger partial charge in [-0.25, -0.2) is 14.8 Å². The average molecular weight is 472 g/mol. The van der Waals surface area contributed by atoms with Crippen molar-refractivity contribution >= 4 is 28.7 Å². The molecular formula is C25H20N4O6. The highest BCUT2D eigenvalue weighted by Gasteiger charge is 2.24. The number of ether oxygens (including phenoxy) is 1. The Morgan fingerprint density at radius 1 is 0.971 bits per heavy atom. The molecule has 0 aliphatic rings. The predicted octanol–water partition coefficient (Wildman–Crippen LogP) is 5.02. The van der Waals surface area contributed by atoms with E-state index in [1.54, 1.807) is 68.6 Å². The number of aromatic nitrogens is 3. The van der Waals surface area contributed by atoms with Crippen LogP contribution in [0.4, 0.5) is 5.82 Å². The first-order chi connectivity index (χ1) is 17.0. The van der Waals surface area contributed by atoms with Gasteiger partial charge in [-0.1, -0.05) is 12.1 Å². The molecule has 1 unspecified atom stereocenters. The predicted molar refractivity (Wildman–Crippen MR) is 124 cm³/mol. The zero-order valence-corrected chi connectivity index (χ0v) is 18.8. The van der Waals surface area contributed by atoms with Crippen LogP contribution in [0.2, 0.25) is 0 Å². The molecule has 1 aromatic carbocycles. The van der Waals surface area contributed by atoms with Crippen LogP contribution >= 0.6 is 0 Å². The summed E-state index contributed by atoms with van der Waals surface area (Å²) in [7, 11) is 0. The minimum atomic E-state index is -1.01. The van der Waals surface area contributed by atoms with Crippen molar-refractivity contribution in [3.8, 4) is 22.9 Å². The number of furan rings is 2. The molecule has 1 amide bonds. The van der Waals surface area contributed by atoms with Crippen molar-refractivity contribution in [1.82, 2.24) is 15.1 Å². The van der Waals surface area contributed by atoms with Gasteiger partial charge >= 0.3 is 5.97 Å². The molecule has 0 aliphatic carbocycles. The number of nitrogens with one attached hydrogen (secondary N) is 1. The van der Waals surface area contributed by atoms with Crippen LogP contribution in [0.5, 0.6) is 0 Å². The van der Waals surface area contributed by atoms with E-state index in [1.165, 1.54) is 6.26 Å². The van der Waals surface area contributed by atoms with Gasteiger partial charge in [0.25, 0.3) is 5.91 Å². The lowest BCUT2D eigenvalue weighted by Crippen LogP contribution is -2.32. The molecule has 0 radical (unpaired) electrons. The van der Waals surface area contributed by atoms with Gasteiger partial charge in [0.1, 0.15) is 17.1 Å². The highest BCUT2D eigenvalue weighted by atomic mass is 16.5. The summed E-state index contributed by atoms with van der Waals surface area (Å²) in [5.74, 6) is 0.671. The molecule has 0 saturated carbocycles. The van der Waals surface area contributed by atoms with E-state index in [1.807, 2.05) is 0 Å². The van der Waals surface area contributed by atoms with Crippen molar-refractivity contribution in [2.75, 3.05) is 5.32 Å². The highest BCUT2D eigenvalue weighted by Crippen LogP contribution is 2.31. The van der Waals surface area contributed by atoms with Gasteiger partial charge in [-0.3, -0.25) is 4.79 Å². The molecule has 0 bridgehead atoms. The number of carbonyl (C=O) groups excluding carboxylic acids is 2. The molecule has 1 atom stereocenters. The second kappa shape index (κ2) is 9.26. The van der Waals surface area contributed by atoms with Crippen LogP contribution in [-0.4, -0.2) is 33.1 Å². The van der Waals surface area contributed by atoms with E-state index in [-0.39, 0.29) is 17.8 Å². The third-order valence-corrected chi connectivity index (χ3v) is 5.20. The number of aryl methyl sites for hydroxylation is 1. The summed E-state index contributed by atoms with van der Waals surface area (Å²) in [6.45, 7) is 3.45. The molecule has 4 aromatic heterocycles. The molecule has 0 fully saturated rings. The third-order valence-electron chi connectivity index (χ3n) is 5.20. The molecule has 4 heterocycles. The minimum Gasteiger partial charge on any atom is -0.463 e. The summed E-state index contributed by atoms with van der Waals surface area (Å²) in [5.41, 5.74) is 2.22. The molecule has 0 aliphatic heterocycles. The summed E-state index contributed by atoms with van der Waals surface area (Å²) in [4.78, 5) is 34.8. The number of esters is 1. The van der Waals surface area contributed by atoms with Gasteiger partial charge in [0.2, 0.25) is 0 Å². The number of nitrogens with zero attached hydrogens (tertiary/aromatic N) is 3. The zero-order valence-electron chi connectivity index (χ0n) is 18.8. The number of benzene rings is 1. The summed E-state index contributed by atoms with van der Waals surface area (Å²) in [6, 6.07) is 13.4. The van der Waals surface area contributed by atoms with Crippen LogP contribution in [0.15, 0.2) is 74.4 Å². The number of hydrogen-bond donors (Lipinski definition) is 1. The second-order valence-corrected chi connectivity index (χ2v) is 7.69. The third kappa shape index (κ3) is 4.54. The second-order valence-electron chi connectivity index (χ2n) is 7.69. The Morgan fingerprint density at radius 3 is 2.23 bits per heavy atom. The van der Waals surface area contributed by atoms with Crippen molar-refractivity contribution in [1.29, 1.82) is 0 Å². The Bertz CT molecular complexity index is 1490. The molecule has 176 valence electrons. The number of amides is 1. The maximum atomic E-state index is 12.9. The van der Waals surface area contributed by atoms with Gasteiger partial charge in [-0.15, -0.1) is 0 Å². The van der Waals surface area contributed by atoms with E-state index in [9.17, 15) is 9.59 Å². The fraction of sp³-hybridized carbons (Fsp3) is 0.160. The first kappa shape index (κ1) is 22.1. The Hall–Kier alpha value is -4.73. The fourth-order valence-corrected chi connectivity index (χ4v) is 3.50. The van der Waals surface area contributed by atoms with Crippen LogP contribution in [-0.2, 0) is 9.53 Å². The Morgan fingerprint density at radius 2 is 1.66 bits per heavy atom. The van der Waals surface area contributed by atoms with Crippen molar-refractivity contribution in [2.45, 2.75) is 26.4 Å². The van der Waals surface area contributed by atoms with Gasteiger partial charge < -0.3 is 23.4 Å². The lowest BCUT2D eigenvalue weighted by Gasteiger charge is -2.15. The average Bonchev–Trinajstić information content (AvgIpc) is 3.64. The lowest BCUT2D eigenvalue weighted by atomic mass is 10.1. The van der Waals surface area contributed by atoms with Crippen LogP contribution in [0.25, 0.3) is 33.9 Å². The molecule has 35 heavy (non-hydrogen) atoms. The van der Waals surface area contributed by atoms with E-state index >= 15 is 0 Å². The quantitative estimate of drug-likeness (QED) is 0.324. The van der Waals surface area contributed by atoms with Gasteiger partial charge in [0.05, 0.1) is 29.1 Å². The SMILES string of the molecule is CCC(OC(=O)c1ccc2nc(-c3ccco3)c(-c3ccco3)nc2c1)C(=O)Nc1cc(C)on1. The maximum Gasteiger partial charge on any atom is 0.338 e. The number of anilines is 1. The molecule has 1 N–H and O–H groups in total. The normalized spacial score (nSPS) is 11.9. The zero-order chi connectivity index (χ0) is 24.4. The van der Waals surface area contributed by atoms with Crippen molar-refractivity contribution in [3.05, 3.63) is 72.4 Å². The molecular weight excluding hydrogens is 452 g/mol. The monoisotopic (exact) mass is 472 g/mol. The molecule has 0 saturated heterocycles. The summed E-state index contributed by atoms with van der Waals surface area (Å²) in [6.07, 6.45) is 2.35. The Balaban J connectivity index is 1.43. The van der Waals surface area contributed by atoms with E-state index < -0.39 is 18.0 Å². The van der Waals surface area contributed by atoms with Crippen molar-refractivity contribution in [2.24, 2.45) is 0 Å². The molecule has 0 spiro atoms. The standard InChI is InChI=1S/C25H20N4O6/c1-3-18(24(30)28-21-12-14(2)35-29-21)34-25(31)15-8-9-16-17(13-15)27-23(20-7-5-11-33-20)22(26-16)19-6-4-10-32-19/h4-13,18H,3H2,1-2H3,(H,28,29,30). The van der Waals surface area contributed by atoms with E-state index in [4.69, 9.17) is 18.1 Å². The van der Waals surface area contributed by atoms with Gasteiger partial charge in [-0.05, 0) is 55.8 Å². The summed E-state index contributed by atoms with van der Waals surface area (Å²) >= 11 is 0. The van der Waals surface area contributed by atoms with Crippen molar-refractivity contribution in [3.63, 3.8) is 0 Å². The number of carbonyl (C=O) groups is 2. The van der Waals surface area contributed by atoms with Crippen LogP contribution < -0.4 is 5.32 Å². The van der Waals surface area contributed by atoms with Gasteiger partial charge in [0, 0.05) is 6.07 Å². The van der Waals surface area contributed by atoms with E-state index in [2.05, 4.69) is 20.4 Å². The first-order valence-corrected chi connectivity index (χ1v) is 10.9. The number of fused-ring (bicyclic) bond motifs is 1. The lowest BCUT2D eigenvalue weighted by molar-refractivity contribution is -0.124. The van der Waals surface area contributed by atoms with E-state index in [0.29, 0.717) is 39.7 Å². The van der Waals surface area contributed by atoms with Crippen LogP contribution in [0.3, 0.4) is 0 Å². The Labute approximate surface area is 198 Å². The summed E-state index contributed by atoms with van der Waals surface area (Å²) < 4.78 is 21.5. The molecule has 10 nitrogen and oxygen atoms in total. The van der Waals surface area contributed by atoms with E-state index in [0.717, 1.165) is 0 Å². The smallest absolute Gasteiger partial charge is 0.338 e.